The van der Waals surface area contributed by atoms with E-state index in [9.17, 15) is 14.9 Å². The van der Waals surface area contributed by atoms with Gasteiger partial charge in [0.05, 0.1) is 10.8 Å². The van der Waals surface area contributed by atoms with Gasteiger partial charge in [-0.3, -0.25) is 9.59 Å². The van der Waals surface area contributed by atoms with Gasteiger partial charge < -0.3 is 4.90 Å². The van der Waals surface area contributed by atoms with E-state index in [1.807, 2.05) is 26.1 Å². The molecule has 1 aliphatic heterocycles. The number of rotatable bonds is 5. The number of hydrogen-bond acceptors (Lipinski definition) is 6. The largest absolute Gasteiger partial charge is 0.347 e. The molecule has 1 aromatic carbocycles. The molecule has 0 saturated heterocycles. The molecule has 3 rings (SSSR count). The number of nitrogens with zero attached hydrogens (tertiary/aromatic N) is 3. The van der Waals surface area contributed by atoms with Crippen molar-refractivity contribution in [2.75, 3.05) is 11.9 Å². The van der Waals surface area contributed by atoms with Crippen molar-refractivity contribution in [3.63, 3.8) is 0 Å². The van der Waals surface area contributed by atoms with E-state index in [-0.39, 0.29) is 17.0 Å². The van der Waals surface area contributed by atoms with Gasteiger partial charge in [0.2, 0.25) is 0 Å². The molecule has 2 aromatic rings. The molecule has 1 aliphatic rings. The van der Waals surface area contributed by atoms with Crippen LogP contribution in [0, 0.1) is 18.3 Å². The lowest BCUT2D eigenvalue weighted by Crippen LogP contribution is -2.25. The molecule has 0 fully saturated rings. The Morgan fingerprint density at radius 1 is 1.30 bits per heavy atom. The van der Waals surface area contributed by atoms with E-state index in [1.54, 1.807) is 19.1 Å². The Morgan fingerprint density at radius 3 is 2.57 bits per heavy atom. The molecule has 0 N–H and O–H groups in total. The van der Waals surface area contributed by atoms with Crippen LogP contribution in [0.2, 0.25) is 0 Å². The molecule has 0 radical (unpaired) electrons. The minimum atomic E-state index is -0.424. The van der Waals surface area contributed by atoms with Crippen LogP contribution in [-0.4, -0.2) is 28.8 Å². The molecule has 0 bridgehead atoms. The van der Waals surface area contributed by atoms with E-state index in [0.29, 0.717) is 21.8 Å². The second-order valence-electron chi connectivity index (χ2n) is 8.04. The smallest absolute Gasteiger partial charge is 0.170 e. The van der Waals surface area contributed by atoms with E-state index in [2.05, 4.69) is 41.9 Å². The lowest BCUT2D eigenvalue weighted by atomic mass is 9.83. The van der Waals surface area contributed by atoms with Crippen LogP contribution in [0.25, 0.3) is 0 Å². The Hall–Kier alpha value is -2.91. The third kappa shape index (κ3) is 3.78. The van der Waals surface area contributed by atoms with Gasteiger partial charge in [-0.25, -0.2) is 4.98 Å². The Morgan fingerprint density at radius 2 is 1.97 bits per heavy atom. The number of benzene rings is 1. The van der Waals surface area contributed by atoms with Gasteiger partial charge in [0.25, 0.3) is 0 Å². The summed E-state index contributed by atoms with van der Waals surface area (Å²) in [7, 11) is 1.98. The van der Waals surface area contributed by atoms with Crippen LogP contribution in [-0.2, 0) is 10.2 Å². The van der Waals surface area contributed by atoms with Crippen LogP contribution in [0.1, 0.15) is 54.9 Å². The molecule has 0 saturated carbocycles. The predicted octanol–water partition coefficient (Wildman–Crippen LogP) is 4.83. The summed E-state index contributed by atoms with van der Waals surface area (Å²) in [5.41, 5.74) is 4.27. The predicted molar refractivity (Wildman–Crippen MR) is 120 cm³/mol. The zero-order valence-corrected chi connectivity index (χ0v) is 18.9. The third-order valence-electron chi connectivity index (χ3n) is 5.59. The number of Topliss-reactive ketones (excluding diaryl/α,β-unsaturated/α-hetero) is 1. The van der Waals surface area contributed by atoms with Crippen molar-refractivity contribution >= 4 is 29.0 Å². The molecule has 2 heterocycles. The number of para-hydroxylation sites is 1. The Bertz CT molecular complexity index is 1110. The zero-order chi connectivity index (χ0) is 22.2. The Labute approximate surface area is 181 Å². The number of nitriles is 1. The average molecular weight is 420 g/mol. The molecule has 30 heavy (non-hydrogen) atoms. The number of thioether (sulfide) groups is 1. The van der Waals surface area contributed by atoms with Crippen molar-refractivity contribution in [2.24, 2.45) is 0 Å². The Balaban J connectivity index is 1.88. The van der Waals surface area contributed by atoms with Crippen LogP contribution in [0.3, 0.4) is 0 Å². The quantitative estimate of drug-likeness (QED) is 0.393. The highest BCUT2D eigenvalue weighted by Crippen LogP contribution is 2.46. The van der Waals surface area contributed by atoms with Gasteiger partial charge in [0, 0.05) is 41.2 Å². The summed E-state index contributed by atoms with van der Waals surface area (Å²) in [6, 6.07) is 11.8. The molecule has 6 heteroatoms. The normalized spacial score (nSPS) is 16.8. The van der Waals surface area contributed by atoms with Gasteiger partial charge in [-0.2, -0.15) is 5.26 Å². The minimum absolute atomic E-state index is 0.0401. The van der Waals surface area contributed by atoms with Crippen molar-refractivity contribution in [1.82, 2.24) is 4.98 Å². The first-order valence-electron chi connectivity index (χ1n) is 9.76. The first-order chi connectivity index (χ1) is 14.1. The third-order valence-corrected chi connectivity index (χ3v) is 6.71. The standard InChI is InChI=1S/C24H25N3O2S/c1-14-18(15(2)28)11-17(13-25)23(26-14)30-16(3)21(29)12-22-24(4,5)19-9-7-8-10-20(19)27(22)6/h7-12,16H,1-6H3/b22-12+. The highest BCUT2D eigenvalue weighted by molar-refractivity contribution is 8.00. The van der Waals surface area contributed by atoms with E-state index in [0.717, 1.165) is 11.4 Å². The summed E-state index contributed by atoms with van der Waals surface area (Å²) in [4.78, 5) is 31.3. The number of aromatic nitrogens is 1. The minimum Gasteiger partial charge on any atom is -0.347 e. The SMILES string of the molecule is CC(=O)c1cc(C#N)c(SC(C)C(=O)/C=C2/N(C)c3ccccc3C2(C)C)nc1C. The fourth-order valence-corrected chi connectivity index (χ4v) is 4.79. The lowest BCUT2D eigenvalue weighted by Gasteiger charge is -2.24. The van der Waals surface area contributed by atoms with Gasteiger partial charge in [0.1, 0.15) is 11.1 Å². The molecule has 0 amide bonds. The Kier molecular flexibility index (Phi) is 5.87. The summed E-state index contributed by atoms with van der Waals surface area (Å²) in [5, 5.41) is 9.53. The second kappa shape index (κ2) is 8.08. The number of carbonyl (C=O) groups excluding carboxylic acids is 2. The number of anilines is 1. The highest BCUT2D eigenvalue weighted by Gasteiger charge is 2.38. The summed E-state index contributed by atoms with van der Waals surface area (Å²) >= 11 is 1.25. The first kappa shape index (κ1) is 21.8. The van der Waals surface area contributed by atoms with Gasteiger partial charge in [-0.15, -0.1) is 0 Å². The molecule has 1 atom stereocenters. The number of fused-ring (bicyclic) bond motifs is 1. The molecular formula is C24H25N3O2S. The molecule has 5 nitrogen and oxygen atoms in total. The fourth-order valence-electron chi connectivity index (χ4n) is 3.85. The van der Waals surface area contributed by atoms with Gasteiger partial charge >= 0.3 is 0 Å². The molecule has 154 valence electrons. The van der Waals surface area contributed by atoms with Gasteiger partial charge in [0.15, 0.2) is 11.6 Å². The maximum atomic E-state index is 13.1. The number of likely N-dealkylation sites (N-methyl/N-ethyl adjacent to an activating group) is 1. The zero-order valence-electron chi connectivity index (χ0n) is 18.1. The molecular weight excluding hydrogens is 394 g/mol. The maximum Gasteiger partial charge on any atom is 0.170 e. The van der Waals surface area contributed by atoms with E-state index >= 15 is 0 Å². The molecule has 1 unspecified atom stereocenters. The van der Waals surface area contributed by atoms with E-state index < -0.39 is 5.25 Å². The van der Waals surface area contributed by atoms with E-state index in [1.165, 1.54) is 24.2 Å². The van der Waals surface area contributed by atoms with E-state index in [4.69, 9.17) is 0 Å². The van der Waals surface area contributed by atoms with Gasteiger partial charge in [-0.05, 0) is 38.5 Å². The lowest BCUT2D eigenvalue weighted by molar-refractivity contribution is -0.114. The number of hydrogen-bond donors (Lipinski definition) is 0. The fraction of sp³-hybridized carbons (Fsp3) is 0.333. The summed E-state index contributed by atoms with van der Waals surface area (Å²) < 4.78 is 0. The number of ketones is 2. The topological polar surface area (TPSA) is 74.1 Å². The van der Waals surface area contributed by atoms with Crippen LogP contribution in [0.15, 0.2) is 47.1 Å². The van der Waals surface area contributed by atoms with Crippen molar-refractivity contribution in [1.29, 1.82) is 5.26 Å². The maximum absolute atomic E-state index is 13.1. The summed E-state index contributed by atoms with van der Waals surface area (Å²) in [6.07, 6.45) is 1.71. The van der Waals surface area contributed by atoms with Crippen LogP contribution in [0.4, 0.5) is 5.69 Å². The number of aryl methyl sites for hydroxylation is 1. The van der Waals surface area contributed by atoms with Crippen LogP contribution in [0.5, 0.6) is 0 Å². The number of allylic oxidation sites excluding steroid dienone is 2. The number of carbonyl (C=O) groups is 2. The molecule has 1 aromatic heterocycles. The van der Waals surface area contributed by atoms with Crippen molar-refractivity contribution < 1.29 is 9.59 Å². The van der Waals surface area contributed by atoms with Crippen molar-refractivity contribution in [2.45, 2.75) is 50.3 Å². The van der Waals surface area contributed by atoms with Crippen molar-refractivity contribution in [3.05, 3.63) is 64.5 Å². The molecule has 0 aliphatic carbocycles. The van der Waals surface area contributed by atoms with Crippen molar-refractivity contribution in [3.8, 4) is 6.07 Å². The number of pyridine rings is 1. The second-order valence-corrected chi connectivity index (χ2v) is 9.36. The monoisotopic (exact) mass is 419 g/mol. The van der Waals surface area contributed by atoms with Crippen LogP contribution < -0.4 is 4.90 Å². The summed E-state index contributed by atoms with van der Waals surface area (Å²) in [5.74, 6) is -0.172. The average Bonchev–Trinajstić information content (AvgIpc) is 2.88. The first-order valence-corrected chi connectivity index (χ1v) is 10.6. The highest BCUT2D eigenvalue weighted by atomic mass is 32.2. The van der Waals surface area contributed by atoms with Crippen LogP contribution >= 0.6 is 11.8 Å². The van der Waals surface area contributed by atoms with Gasteiger partial charge in [-0.1, -0.05) is 43.8 Å². The summed E-state index contributed by atoms with van der Waals surface area (Å²) in [6.45, 7) is 9.24. The molecule has 0 spiro atoms.